The van der Waals surface area contributed by atoms with Crippen LogP contribution in [0.3, 0.4) is 0 Å². The van der Waals surface area contributed by atoms with Gasteiger partial charge in [0.1, 0.15) is 18.4 Å². The zero-order valence-corrected chi connectivity index (χ0v) is 15.5. The third-order valence-electron chi connectivity index (χ3n) is 3.41. The molecule has 9 nitrogen and oxygen atoms in total. The monoisotopic (exact) mass is 352 g/mol. The van der Waals surface area contributed by atoms with Crippen LogP contribution in [0.25, 0.3) is 11.2 Å². The van der Waals surface area contributed by atoms with E-state index in [-0.39, 0.29) is 31.0 Å². The number of nitrogens with two attached hydrogens (primary N) is 1. The zero-order chi connectivity index (χ0) is 18.4. The molecule has 2 aromatic heterocycles. The lowest BCUT2D eigenvalue weighted by Crippen LogP contribution is -2.29. The van der Waals surface area contributed by atoms with Gasteiger partial charge >= 0.3 is 0 Å². The highest BCUT2D eigenvalue weighted by Gasteiger charge is 2.16. The fourth-order valence-corrected chi connectivity index (χ4v) is 2.20. The molecule has 0 atom stereocenters. The second kappa shape index (κ2) is 8.93. The lowest BCUT2D eigenvalue weighted by Gasteiger charge is -2.21. The van der Waals surface area contributed by atoms with Gasteiger partial charge in [-0.3, -0.25) is 0 Å². The molecule has 0 bridgehead atoms. The van der Waals surface area contributed by atoms with Gasteiger partial charge in [-0.25, -0.2) is 4.98 Å². The first kappa shape index (κ1) is 19.4. The topological polar surface area (TPSA) is 109 Å². The second-order valence-corrected chi connectivity index (χ2v) is 6.25. The number of hydrogen-bond donors (Lipinski definition) is 2. The molecule has 0 radical (unpaired) electrons. The molecule has 140 valence electrons. The minimum Gasteiger partial charge on any atom is -0.376 e. The van der Waals surface area contributed by atoms with Gasteiger partial charge in [-0.1, -0.05) is 0 Å². The van der Waals surface area contributed by atoms with Crippen LogP contribution in [0.2, 0.25) is 0 Å². The van der Waals surface area contributed by atoms with Crippen molar-refractivity contribution >= 4 is 22.9 Å². The largest absolute Gasteiger partial charge is 0.376 e. The van der Waals surface area contributed by atoms with Crippen molar-refractivity contribution in [1.29, 1.82) is 0 Å². The second-order valence-electron chi connectivity index (χ2n) is 6.25. The van der Waals surface area contributed by atoms with E-state index in [1.54, 1.807) is 13.4 Å². The van der Waals surface area contributed by atoms with E-state index in [9.17, 15) is 0 Å². The van der Waals surface area contributed by atoms with Gasteiger partial charge in [0.2, 0.25) is 5.95 Å². The predicted molar refractivity (Wildman–Crippen MR) is 96.3 cm³/mol. The summed E-state index contributed by atoms with van der Waals surface area (Å²) in [5.41, 5.74) is 6.95. The van der Waals surface area contributed by atoms with Gasteiger partial charge in [0.25, 0.3) is 0 Å². The molecular weight excluding hydrogens is 324 g/mol. The third kappa shape index (κ3) is 5.52. The molecule has 0 spiro atoms. The van der Waals surface area contributed by atoms with E-state index in [2.05, 4.69) is 20.3 Å². The number of imidazole rings is 1. The molecule has 0 saturated carbocycles. The lowest BCUT2D eigenvalue weighted by atomic mass is 10.3. The average molecular weight is 352 g/mol. The van der Waals surface area contributed by atoms with Crippen molar-refractivity contribution in [1.82, 2.24) is 19.5 Å². The van der Waals surface area contributed by atoms with Crippen LogP contribution < -0.4 is 11.1 Å². The van der Waals surface area contributed by atoms with Gasteiger partial charge in [0.15, 0.2) is 11.5 Å². The first-order chi connectivity index (χ1) is 11.9. The number of anilines is 2. The van der Waals surface area contributed by atoms with Crippen molar-refractivity contribution in [3.63, 3.8) is 0 Å². The number of hydrogen-bond acceptors (Lipinski definition) is 8. The summed E-state index contributed by atoms with van der Waals surface area (Å²) in [6.07, 6.45) is 1.73. The molecule has 0 aliphatic heterocycles. The zero-order valence-electron chi connectivity index (χ0n) is 15.5. The summed E-state index contributed by atoms with van der Waals surface area (Å²) in [4.78, 5) is 12.6. The number of fused-ring (bicyclic) bond motifs is 1. The van der Waals surface area contributed by atoms with Crippen LogP contribution in [0.5, 0.6) is 0 Å². The van der Waals surface area contributed by atoms with E-state index < -0.39 is 0 Å². The van der Waals surface area contributed by atoms with Crippen molar-refractivity contribution in [3.05, 3.63) is 6.33 Å². The van der Waals surface area contributed by atoms with Crippen LogP contribution in [-0.2, 0) is 20.9 Å². The highest BCUT2D eigenvalue weighted by atomic mass is 16.6. The smallest absolute Gasteiger partial charge is 0.224 e. The van der Waals surface area contributed by atoms with E-state index in [4.69, 9.17) is 19.9 Å². The van der Waals surface area contributed by atoms with Gasteiger partial charge in [0, 0.05) is 7.05 Å². The molecule has 3 N–H and O–H groups in total. The number of nitrogens with zero attached hydrogens (tertiary/aromatic N) is 4. The summed E-state index contributed by atoms with van der Waals surface area (Å²) < 4.78 is 19.2. The maximum atomic E-state index is 5.98. The van der Waals surface area contributed by atoms with E-state index in [1.165, 1.54) is 0 Å². The molecule has 0 saturated heterocycles. The quantitative estimate of drug-likeness (QED) is 0.664. The van der Waals surface area contributed by atoms with Crippen LogP contribution in [0.1, 0.15) is 27.7 Å². The Morgan fingerprint density at radius 2 is 1.72 bits per heavy atom. The molecule has 9 heteroatoms. The van der Waals surface area contributed by atoms with E-state index in [0.29, 0.717) is 24.7 Å². The van der Waals surface area contributed by atoms with Gasteiger partial charge in [-0.15, -0.1) is 0 Å². The molecule has 0 amide bonds. The molecule has 0 fully saturated rings. The maximum absolute atomic E-state index is 5.98. The Bertz CT molecular complexity index is 661. The number of nitrogen functional groups attached to an aromatic ring is 1. The normalized spacial score (nSPS) is 12.0. The Labute approximate surface area is 147 Å². The highest BCUT2D eigenvalue weighted by Crippen LogP contribution is 2.20. The third-order valence-corrected chi connectivity index (χ3v) is 3.41. The van der Waals surface area contributed by atoms with Gasteiger partial charge in [0.05, 0.1) is 31.7 Å². The molecule has 0 aromatic carbocycles. The van der Waals surface area contributed by atoms with E-state index >= 15 is 0 Å². The molecule has 2 heterocycles. The summed E-state index contributed by atoms with van der Waals surface area (Å²) in [5, 5.41) is 3.01. The molecular formula is C16H28N6O3. The number of ether oxygens (including phenoxy) is 3. The molecule has 0 aliphatic rings. The summed E-state index contributed by atoms with van der Waals surface area (Å²) in [7, 11) is 1.77. The fraction of sp³-hybridized carbons (Fsp3) is 0.688. The van der Waals surface area contributed by atoms with Crippen molar-refractivity contribution < 1.29 is 14.2 Å². The summed E-state index contributed by atoms with van der Waals surface area (Å²) in [6.45, 7) is 9.16. The Morgan fingerprint density at radius 1 is 1.08 bits per heavy atom. The summed E-state index contributed by atoms with van der Waals surface area (Å²) in [5.74, 6) is 0.786. The highest BCUT2D eigenvalue weighted by molar-refractivity contribution is 5.84. The van der Waals surface area contributed by atoms with Gasteiger partial charge in [-0.05, 0) is 27.7 Å². The number of nitrogens with one attached hydrogen (secondary N) is 1. The summed E-state index contributed by atoms with van der Waals surface area (Å²) in [6, 6.07) is 0. The lowest BCUT2D eigenvalue weighted by molar-refractivity contribution is -0.0987. The Balaban J connectivity index is 2.09. The number of aromatic nitrogens is 4. The Hall–Kier alpha value is -1.97. The SMILES string of the molecule is CNc1nc(N)nc2ncn(COC(COC(C)C)COC(C)C)c12. The molecule has 2 aromatic rings. The first-order valence-corrected chi connectivity index (χ1v) is 8.41. The van der Waals surface area contributed by atoms with Crippen LogP contribution in [0.4, 0.5) is 11.8 Å². The number of rotatable bonds is 10. The van der Waals surface area contributed by atoms with E-state index in [1.807, 2.05) is 32.3 Å². The summed E-state index contributed by atoms with van der Waals surface area (Å²) >= 11 is 0. The standard InChI is InChI=1S/C16H28N6O3/c1-10(2)23-6-12(7-24-11(3)4)25-9-22-8-19-15-13(22)14(18-5)20-16(17)21-15/h8,10-12H,6-7,9H2,1-5H3,(H3,17,18,20,21). The fourth-order valence-electron chi connectivity index (χ4n) is 2.20. The molecule has 0 unspecified atom stereocenters. The predicted octanol–water partition coefficient (Wildman–Crippen LogP) is 1.64. The van der Waals surface area contributed by atoms with Crippen LogP contribution in [-0.4, -0.2) is 58.1 Å². The van der Waals surface area contributed by atoms with Gasteiger partial charge in [-0.2, -0.15) is 9.97 Å². The van der Waals surface area contributed by atoms with Crippen LogP contribution >= 0.6 is 0 Å². The molecule has 2 rings (SSSR count). The Morgan fingerprint density at radius 3 is 2.28 bits per heavy atom. The first-order valence-electron chi connectivity index (χ1n) is 8.41. The van der Waals surface area contributed by atoms with Crippen molar-refractivity contribution in [2.45, 2.75) is 52.7 Å². The minimum absolute atomic E-state index is 0.131. The maximum Gasteiger partial charge on any atom is 0.224 e. The average Bonchev–Trinajstić information content (AvgIpc) is 2.95. The molecule has 25 heavy (non-hydrogen) atoms. The van der Waals surface area contributed by atoms with E-state index in [0.717, 1.165) is 5.52 Å². The van der Waals surface area contributed by atoms with Crippen LogP contribution in [0, 0.1) is 0 Å². The minimum atomic E-state index is -0.185. The molecule has 0 aliphatic carbocycles. The van der Waals surface area contributed by atoms with Gasteiger partial charge < -0.3 is 29.8 Å². The van der Waals surface area contributed by atoms with Crippen molar-refractivity contribution in [3.8, 4) is 0 Å². The van der Waals surface area contributed by atoms with Crippen molar-refractivity contribution in [2.75, 3.05) is 31.3 Å². The Kier molecular flexibility index (Phi) is 6.91. The van der Waals surface area contributed by atoms with Crippen LogP contribution in [0.15, 0.2) is 6.33 Å². The van der Waals surface area contributed by atoms with Crippen molar-refractivity contribution in [2.24, 2.45) is 0 Å².